The number of nitrogens with zero attached hydrogens (tertiary/aromatic N) is 1. The summed E-state index contributed by atoms with van der Waals surface area (Å²) >= 11 is 9.21. The summed E-state index contributed by atoms with van der Waals surface area (Å²) in [6.45, 7) is 4.23. The lowest BCUT2D eigenvalue weighted by Crippen LogP contribution is -2.32. The van der Waals surface area contributed by atoms with Crippen molar-refractivity contribution in [3.8, 4) is 0 Å². The van der Waals surface area contributed by atoms with Gasteiger partial charge in [0.2, 0.25) is 0 Å². The van der Waals surface area contributed by atoms with Crippen LogP contribution in [0.15, 0.2) is 30.3 Å². The fourth-order valence-electron chi connectivity index (χ4n) is 2.08. The second kappa shape index (κ2) is 6.51. The number of halogens is 2. The van der Waals surface area contributed by atoms with E-state index in [1.807, 2.05) is 11.3 Å². The Bertz CT molecular complexity index is 513. The average Bonchev–Trinajstić information content (AvgIpc) is 2.76. The van der Waals surface area contributed by atoms with Crippen LogP contribution < -0.4 is 0 Å². The standard InChI is InChI=1S/C15H17Br2NS/c1-11-12(2)19-14(18-11)8-15(9-16,10-17)13-6-4-3-5-7-13/h3-7H,8-10H2,1-2H3. The Morgan fingerprint density at radius 3 is 2.21 bits per heavy atom. The molecule has 102 valence electrons. The Kier molecular flexibility index (Phi) is 5.21. The van der Waals surface area contributed by atoms with Gasteiger partial charge in [-0.1, -0.05) is 62.2 Å². The summed E-state index contributed by atoms with van der Waals surface area (Å²) in [5.41, 5.74) is 2.58. The molecular formula is C15H17Br2NS. The summed E-state index contributed by atoms with van der Waals surface area (Å²) < 4.78 is 0. The van der Waals surface area contributed by atoms with Gasteiger partial charge in [0, 0.05) is 27.4 Å². The van der Waals surface area contributed by atoms with Crippen LogP contribution in [0.3, 0.4) is 0 Å². The van der Waals surface area contributed by atoms with Gasteiger partial charge < -0.3 is 0 Å². The minimum absolute atomic E-state index is 0.0675. The molecule has 0 atom stereocenters. The van der Waals surface area contributed by atoms with E-state index in [0.29, 0.717) is 0 Å². The van der Waals surface area contributed by atoms with Crippen LogP contribution >= 0.6 is 43.2 Å². The molecule has 0 aliphatic carbocycles. The van der Waals surface area contributed by atoms with Crippen molar-refractivity contribution in [2.45, 2.75) is 25.7 Å². The summed E-state index contributed by atoms with van der Waals surface area (Å²) in [4.78, 5) is 6.01. The van der Waals surface area contributed by atoms with E-state index in [1.165, 1.54) is 15.4 Å². The van der Waals surface area contributed by atoms with Crippen LogP contribution in [-0.2, 0) is 11.8 Å². The van der Waals surface area contributed by atoms with Crippen LogP contribution in [-0.4, -0.2) is 15.6 Å². The van der Waals surface area contributed by atoms with Gasteiger partial charge in [0.1, 0.15) is 0 Å². The lowest BCUT2D eigenvalue weighted by atomic mass is 9.82. The number of alkyl halides is 2. The lowest BCUT2D eigenvalue weighted by Gasteiger charge is -2.29. The second-order valence-corrected chi connectivity index (χ2v) is 7.25. The quantitative estimate of drug-likeness (QED) is 0.639. The van der Waals surface area contributed by atoms with Crippen LogP contribution in [0, 0.1) is 13.8 Å². The van der Waals surface area contributed by atoms with Crippen molar-refractivity contribution in [1.82, 2.24) is 4.98 Å². The molecule has 1 heterocycles. The van der Waals surface area contributed by atoms with Gasteiger partial charge in [0.05, 0.1) is 10.7 Å². The molecule has 2 rings (SSSR count). The number of thiazole rings is 1. The third-order valence-corrected chi connectivity index (χ3v) is 6.68. The summed E-state index contributed by atoms with van der Waals surface area (Å²) in [6.07, 6.45) is 0.965. The highest BCUT2D eigenvalue weighted by atomic mass is 79.9. The number of hydrogen-bond acceptors (Lipinski definition) is 2. The van der Waals surface area contributed by atoms with E-state index in [0.717, 1.165) is 22.8 Å². The van der Waals surface area contributed by atoms with E-state index in [2.05, 4.69) is 76.0 Å². The lowest BCUT2D eigenvalue weighted by molar-refractivity contribution is 0.549. The van der Waals surface area contributed by atoms with E-state index >= 15 is 0 Å². The van der Waals surface area contributed by atoms with E-state index in [-0.39, 0.29) is 5.41 Å². The van der Waals surface area contributed by atoms with Crippen molar-refractivity contribution in [2.24, 2.45) is 0 Å². The molecule has 0 amide bonds. The van der Waals surface area contributed by atoms with Crippen LogP contribution in [0.5, 0.6) is 0 Å². The Morgan fingerprint density at radius 2 is 1.74 bits per heavy atom. The average molecular weight is 403 g/mol. The first-order valence-corrected chi connectivity index (χ1v) is 9.27. The summed E-state index contributed by atoms with van der Waals surface area (Å²) in [5.74, 6) is 0. The molecule has 1 aromatic heterocycles. The fraction of sp³-hybridized carbons (Fsp3) is 0.400. The zero-order chi connectivity index (χ0) is 13.9. The third kappa shape index (κ3) is 3.29. The number of aromatic nitrogens is 1. The largest absolute Gasteiger partial charge is 0.246 e. The van der Waals surface area contributed by atoms with Gasteiger partial charge in [0.15, 0.2) is 0 Å². The van der Waals surface area contributed by atoms with E-state index in [4.69, 9.17) is 4.98 Å². The second-order valence-electron chi connectivity index (χ2n) is 4.84. The molecule has 0 radical (unpaired) electrons. The van der Waals surface area contributed by atoms with Gasteiger partial charge in [-0.2, -0.15) is 0 Å². The van der Waals surface area contributed by atoms with Gasteiger partial charge in [-0.3, -0.25) is 0 Å². The van der Waals surface area contributed by atoms with Crippen LogP contribution in [0.4, 0.5) is 0 Å². The Balaban J connectivity index is 2.35. The van der Waals surface area contributed by atoms with E-state index in [1.54, 1.807) is 0 Å². The zero-order valence-electron chi connectivity index (χ0n) is 11.1. The summed E-state index contributed by atoms with van der Waals surface area (Å²) in [5, 5.41) is 3.07. The normalized spacial score (nSPS) is 11.8. The van der Waals surface area contributed by atoms with Crippen molar-refractivity contribution < 1.29 is 0 Å². The molecule has 0 N–H and O–H groups in total. The van der Waals surface area contributed by atoms with Gasteiger partial charge >= 0.3 is 0 Å². The molecule has 0 saturated heterocycles. The molecule has 4 heteroatoms. The first-order chi connectivity index (χ1) is 9.11. The molecule has 0 saturated carbocycles. The molecule has 0 spiro atoms. The highest BCUT2D eigenvalue weighted by Crippen LogP contribution is 2.34. The maximum Gasteiger partial charge on any atom is 0.0940 e. The van der Waals surface area contributed by atoms with Crippen molar-refractivity contribution >= 4 is 43.2 Å². The first kappa shape index (κ1) is 15.2. The maximum atomic E-state index is 4.69. The van der Waals surface area contributed by atoms with Crippen molar-refractivity contribution in [1.29, 1.82) is 0 Å². The topological polar surface area (TPSA) is 12.9 Å². The molecule has 1 aromatic carbocycles. The molecule has 1 nitrogen and oxygen atoms in total. The molecule has 0 unspecified atom stereocenters. The van der Waals surface area contributed by atoms with Gasteiger partial charge in [0.25, 0.3) is 0 Å². The highest BCUT2D eigenvalue weighted by Gasteiger charge is 2.31. The van der Waals surface area contributed by atoms with Gasteiger partial charge in [-0.15, -0.1) is 11.3 Å². The van der Waals surface area contributed by atoms with Crippen LogP contribution in [0.1, 0.15) is 21.1 Å². The van der Waals surface area contributed by atoms with E-state index in [9.17, 15) is 0 Å². The number of benzene rings is 1. The van der Waals surface area contributed by atoms with Gasteiger partial charge in [-0.25, -0.2) is 4.98 Å². The maximum absolute atomic E-state index is 4.69. The van der Waals surface area contributed by atoms with Crippen molar-refractivity contribution in [2.75, 3.05) is 10.7 Å². The molecule has 19 heavy (non-hydrogen) atoms. The van der Waals surface area contributed by atoms with Crippen molar-refractivity contribution in [3.63, 3.8) is 0 Å². The molecule has 0 fully saturated rings. The SMILES string of the molecule is Cc1nc(CC(CBr)(CBr)c2ccccc2)sc1C. The van der Waals surface area contributed by atoms with Crippen LogP contribution in [0.25, 0.3) is 0 Å². The molecular weight excluding hydrogens is 386 g/mol. The zero-order valence-corrected chi connectivity index (χ0v) is 15.1. The van der Waals surface area contributed by atoms with E-state index < -0.39 is 0 Å². The molecule has 2 aromatic rings. The minimum Gasteiger partial charge on any atom is -0.246 e. The number of aryl methyl sites for hydroxylation is 2. The predicted molar refractivity (Wildman–Crippen MR) is 91.0 cm³/mol. The monoisotopic (exact) mass is 401 g/mol. The Morgan fingerprint density at radius 1 is 1.11 bits per heavy atom. The number of hydrogen-bond donors (Lipinski definition) is 0. The Hall–Kier alpha value is -0.190. The van der Waals surface area contributed by atoms with Crippen molar-refractivity contribution in [3.05, 3.63) is 51.5 Å². The third-order valence-electron chi connectivity index (χ3n) is 3.46. The molecule has 0 aliphatic rings. The highest BCUT2D eigenvalue weighted by molar-refractivity contribution is 9.09. The summed E-state index contributed by atoms with van der Waals surface area (Å²) in [6, 6.07) is 10.7. The number of rotatable bonds is 5. The molecule has 0 aliphatic heterocycles. The van der Waals surface area contributed by atoms with Crippen LogP contribution in [0.2, 0.25) is 0 Å². The first-order valence-electron chi connectivity index (χ1n) is 6.21. The molecule has 0 bridgehead atoms. The van der Waals surface area contributed by atoms with Gasteiger partial charge in [-0.05, 0) is 19.4 Å². The minimum atomic E-state index is 0.0675. The predicted octanol–water partition coefficient (Wildman–Crippen LogP) is 5.03. The Labute approximate surface area is 135 Å². The smallest absolute Gasteiger partial charge is 0.0940 e. The summed E-state index contributed by atoms with van der Waals surface area (Å²) in [7, 11) is 0. The fourth-order valence-corrected chi connectivity index (χ4v) is 5.13.